The molecule has 1 atom stereocenters. The van der Waals surface area contributed by atoms with Crippen LogP contribution in [0.15, 0.2) is 18.2 Å². The van der Waals surface area contributed by atoms with Gasteiger partial charge in [0.05, 0.1) is 6.04 Å². The molecule has 110 valence electrons. The number of nitrogens with zero attached hydrogens (tertiary/aromatic N) is 1. The summed E-state index contributed by atoms with van der Waals surface area (Å²) < 4.78 is 0. The van der Waals surface area contributed by atoms with Crippen LogP contribution in [0.5, 0.6) is 0 Å². The third kappa shape index (κ3) is 3.12. The van der Waals surface area contributed by atoms with Gasteiger partial charge < -0.3 is 11.1 Å². The van der Waals surface area contributed by atoms with E-state index in [0.29, 0.717) is 11.1 Å². The SMILES string of the molecule is Cc1c(N)cccc1NC(=O)C(C)N1CCC(C)(C)C1. The van der Waals surface area contributed by atoms with E-state index < -0.39 is 0 Å². The van der Waals surface area contributed by atoms with Crippen molar-refractivity contribution in [1.82, 2.24) is 4.90 Å². The van der Waals surface area contributed by atoms with Gasteiger partial charge in [-0.05, 0) is 49.9 Å². The fraction of sp³-hybridized carbons (Fsp3) is 0.562. The lowest BCUT2D eigenvalue weighted by molar-refractivity contribution is -0.120. The molecule has 0 aliphatic carbocycles. The lowest BCUT2D eigenvalue weighted by Gasteiger charge is -2.25. The molecular formula is C16H25N3O. The Morgan fingerprint density at radius 3 is 2.75 bits per heavy atom. The quantitative estimate of drug-likeness (QED) is 0.834. The molecule has 1 fully saturated rings. The van der Waals surface area contributed by atoms with Gasteiger partial charge in [-0.2, -0.15) is 0 Å². The van der Waals surface area contributed by atoms with Crippen molar-refractivity contribution in [2.45, 2.75) is 40.2 Å². The molecule has 0 spiro atoms. The number of amides is 1. The average Bonchev–Trinajstić information content (AvgIpc) is 2.74. The number of likely N-dealkylation sites (tertiary alicyclic amines) is 1. The molecule has 0 aromatic heterocycles. The Morgan fingerprint density at radius 2 is 2.15 bits per heavy atom. The monoisotopic (exact) mass is 275 g/mol. The van der Waals surface area contributed by atoms with Gasteiger partial charge in [-0.25, -0.2) is 0 Å². The number of nitrogen functional groups attached to an aromatic ring is 1. The number of carbonyl (C=O) groups is 1. The number of benzene rings is 1. The van der Waals surface area contributed by atoms with Gasteiger partial charge in [-0.15, -0.1) is 0 Å². The van der Waals surface area contributed by atoms with E-state index >= 15 is 0 Å². The molecule has 0 radical (unpaired) electrons. The summed E-state index contributed by atoms with van der Waals surface area (Å²) >= 11 is 0. The standard InChI is InChI=1S/C16H25N3O/c1-11-13(17)6-5-7-14(11)18-15(20)12(2)19-9-8-16(3,4)10-19/h5-7,12H,8-10,17H2,1-4H3,(H,18,20). The van der Waals surface area contributed by atoms with Crippen LogP contribution in [0, 0.1) is 12.3 Å². The van der Waals surface area contributed by atoms with Gasteiger partial charge in [-0.3, -0.25) is 9.69 Å². The molecule has 1 aliphatic heterocycles. The van der Waals surface area contributed by atoms with E-state index in [4.69, 9.17) is 5.73 Å². The number of rotatable bonds is 3. The molecular weight excluding hydrogens is 250 g/mol. The first-order valence-corrected chi connectivity index (χ1v) is 7.20. The predicted octanol–water partition coefficient (Wildman–Crippen LogP) is 2.64. The Morgan fingerprint density at radius 1 is 1.45 bits per heavy atom. The van der Waals surface area contributed by atoms with Crippen molar-refractivity contribution in [1.29, 1.82) is 0 Å². The molecule has 4 nitrogen and oxygen atoms in total. The highest BCUT2D eigenvalue weighted by molar-refractivity contribution is 5.95. The molecule has 4 heteroatoms. The Kier molecular flexibility index (Phi) is 4.04. The number of nitrogens with one attached hydrogen (secondary N) is 1. The van der Waals surface area contributed by atoms with Crippen LogP contribution >= 0.6 is 0 Å². The van der Waals surface area contributed by atoms with Crippen LogP contribution in [0.1, 0.15) is 32.8 Å². The van der Waals surface area contributed by atoms with Crippen molar-refractivity contribution in [3.8, 4) is 0 Å². The highest BCUT2D eigenvalue weighted by Gasteiger charge is 2.34. The van der Waals surface area contributed by atoms with E-state index in [1.54, 1.807) is 0 Å². The van der Waals surface area contributed by atoms with E-state index in [2.05, 4.69) is 24.1 Å². The first-order valence-electron chi connectivity index (χ1n) is 7.20. The van der Waals surface area contributed by atoms with Crippen molar-refractivity contribution in [2.75, 3.05) is 24.1 Å². The molecule has 20 heavy (non-hydrogen) atoms. The zero-order valence-corrected chi connectivity index (χ0v) is 12.9. The molecule has 0 saturated carbocycles. The Balaban J connectivity index is 2.03. The molecule has 1 unspecified atom stereocenters. The highest BCUT2D eigenvalue weighted by atomic mass is 16.2. The summed E-state index contributed by atoms with van der Waals surface area (Å²) in [6.45, 7) is 10.3. The fourth-order valence-corrected chi connectivity index (χ4v) is 2.68. The number of hydrogen-bond donors (Lipinski definition) is 2. The second-order valence-electron chi connectivity index (χ2n) is 6.57. The second-order valence-corrected chi connectivity index (χ2v) is 6.57. The Hall–Kier alpha value is -1.55. The molecule has 1 aromatic rings. The summed E-state index contributed by atoms with van der Waals surface area (Å²) in [7, 11) is 0. The van der Waals surface area contributed by atoms with E-state index in [0.717, 1.165) is 30.8 Å². The zero-order valence-electron chi connectivity index (χ0n) is 12.9. The number of nitrogens with two attached hydrogens (primary N) is 1. The molecule has 1 aromatic carbocycles. The number of hydrogen-bond acceptors (Lipinski definition) is 3. The van der Waals surface area contributed by atoms with Crippen LogP contribution in [0.2, 0.25) is 0 Å². The zero-order chi connectivity index (χ0) is 14.9. The van der Waals surface area contributed by atoms with Gasteiger partial charge in [0, 0.05) is 17.9 Å². The number of carbonyl (C=O) groups excluding carboxylic acids is 1. The van der Waals surface area contributed by atoms with Crippen LogP contribution in [0.3, 0.4) is 0 Å². The van der Waals surface area contributed by atoms with E-state index in [9.17, 15) is 4.79 Å². The minimum atomic E-state index is -0.113. The normalized spacial score (nSPS) is 19.8. The van der Waals surface area contributed by atoms with Crippen molar-refractivity contribution >= 4 is 17.3 Å². The second kappa shape index (κ2) is 5.44. The molecule has 0 bridgehead atoms. The van der Waals surface area contributed by atoms with Crippen molar-refractivity contribution in [2.24, 2.45) is 5.41 Å². The molecule has 3 N–H and O–H groups in total. The maximum absolute atomic E-state index is 12.4. The summed E-state index contributed by atoms with van der Waals surface area (Å²) in [6, 6.07) is 5.49. The summed E-state index contributed by atoms with van der Waals surface area (Å²) in [5.41, 5.74) is 8.61. The summed E-state index contributed by atoms with van der Waals surface area (Å²) in [5.74, 6) is 0.0383. The lowest BCUT2D eigenvalue weighted by atomic mass is 9.93. The molecule has 1 heterocycles. The molecule has 1 saturated heterocycles. The summed E-state index contributed by atoms with van der Waals surface area (Å²) in [6.07, 6.45) is 1.14. The van der Waals surface area contributed by atoms with Gasteiger partial charge >= 0.3 is 0 Å². The third-order valence-electron chi connectivity index (χ3n) is 4.27. The largest absolute Gasteiger partial charge is 0.398 e. The smallest absolute Gasteiger partial charge is 0.241 e. The fourth-order valence-electron chi connectivity index (χ4n) is 2.68. The van der Waals surface area contributed by atoms with Gasteiger partial charge in [-0.1, -0.05) is 19.9 Å². The Labute approximate surface area is 121 Å². The Bertz CT molecular complexity index is 510. The lowest BCUT2D eigenvalue weighted by Crippen LogP contribution is -2.41. The van der Waals surface area contributed by atoms with Crippen molar-refractivity contribution in [3.63, 3.8) is 0 Å². The molecule has 2 rings (SSSR count). The van der Waals surface area contributed by atoms with Crippen LogP contribution in [0.4, 0.5) is 11.4 Å². The molecule has 1 aliphatic rings. The highest BCUT2D eigenvalue weighted by Crippen LogP contribution is 2.30. The van der Waals surface area contributed by atoms with Crippen LogP contribution < -0.4 is 11.1 Å². The topological polar surface area (TPSA) is 58.4 Å². The average molecular weight is 275 g/mol. The predicted molar refractivity (Wildman–Crippen MR) is 83.7 cm³/mol. The van der Waals surface area contributed by atoms with Crippen LogP contribution in [-0.4, -0.2) is 29.9 Å². The van der Waals surface area contributed by atoms with Gasteiger partial charge in [0.1, 0.15) is 0 Å². The van der Waals surface area contributed by atoms with Crippen LogP contribution in [0.25, 0.3) is 0 Å². The van der Waals surface area contributed by atoms with E-state index in [1.165, 1.54) is 0 Å². The maximum atomic E-state index is 12.4. The van der Waals surface area contributed by atoms with Crippen LogP contribution in [-0.2, 0) is 4.79 Å². The first kappa shape index (κ1) is 14.9. The van der Waals surface area contributed by atoms with E-state index in [-0.39, 0.29) is 11.9 Å². The first-order chi connectivity index (χ1) is 9.30. The van der Waals surface area contributed by atoms with Crippen molar-refractivity contribution in [3.05, 3.63) is 23.8 Å². The van der Waals surface area contributed by atoms with Crippen molar-refractivity contribution < 1.29 is 4.79 Å². The van der Waals surface area contributed by atoms with Gasteiger partial charge in [0.15, 0.2) is 0 Å². The van der Waals surface area contributed by atoms with Gasteiger partial charge in [0.25, 0.3) is 0 Å². The summed E-state index contributed by atoms with van der Waals surface area (Å²) in [5, 5.41) is 2.99. The van der Waals surface area contributed by atoms with Gasteiger partial charge in [0.2, 0.25) is 5.91 Å². The number of anilines is 2. The van der Waals surface area contributed by atoms with E-state index in [1.807, 2.05) is 32.0 Å². The summed E-state index contributed by atoms with van der Waals surface area (Å²) in [4.78, 5) is 14.6. The maximum Gasteiger partial charge on any atom is 0.241 e. The minimum absolute atomic E-state index is 0.0383. The third-order valence-corrected chi connectivity index (χ3v) is 4.27. The molecule has 1 amide bonds. The minimum Gasteiger partial charge on any atom is -0.398 e.